The molecule has 4 nitrogen and oxygen atoms in total. The molecule has 0 radical (unpaired) electrons. The quantitative estimate of drug-likeness (QED) is 0.160. The van der Waals surface area contributed by atoms with Gasteiger partial charge >= 0.3 is 0 Å². The summed E-state index contributed by atoms with van der Waals surface area (Å²) >= 11 is 1.79. The molecule has 5 heteroatoms. The Bertz CT molecular complexity index is 5000. The first-order valence-electron chi connectivity index (χ1n) is 26.5. The van der Waals surface area contributed by atoms with Crippen molar-refractivity contribution in [2.24, 2.45) is 0 Å². The average molecular weight is 1010 g/mol. The summed E-state index contributed by atoms with van der Waals surface area (Å²) in [4.78, 5) is 16.8. The van der Waals surface area contributed by atoms with E-state index in [-0.39, 0.29) is 0 Å². The van der Waals surface area contributed by atoms with Crippen molar-refractivity contribution in [2.75, 3.05) is 0 Å². The fraction of sp³-hybridized carbons (Fsp3) is 0. The zero-order valence-corrected chi connectivity index (χ0v) is 42.9. The summed E-state index contributed by atoms with van der Waals surface area (Å²) < 4.78 is 4.92. The van der Waals surface area contributed by atoms with Crippen molar-refractivity contribution in [2.45, 2.75) is 0 Å². The van der Waals surface area contributed by atoms with E-state index >= 15 is 0 Å². The molecule has 16 aromatic rings. The maximum absolute atomic E-state index is 5.68. The van der Waals surface area contributed by atoms with E-state index in [4.69, 9.17) is 15.0 Å². The fourth-order valence-corrected chi connectivity index (χ4v) is 13.2. The topological polar surface area (TPSA) is 43.6 Å². The molecule has 0 bridgehead atoms. The average Bonchev–Trinajstić information content (AvgIpc) is 4.21. The molecule has 13 aromatic carbocycles. The van der Waals surface area contributed by atoms with Crippen molar-refractivity contribution in [1.82, 2.24) is 19.5 Å². The van der Waals surface area contributed by atoms with Gasteiger partial charge in [0.1, 0.15) is 0 Å². The van der Waals surface area contributed by atoms with Crippen LogP contribution in [-0.2, 0) is 0 Å². The lowest BCUT2D eigenvalue weighted by Crippen LogP contribution is -2.04. The highest BCUT2D eigenvalue weighted by Crippen LogP contribution is 2.47. The standard InChI is InChI=1S/C73H44N4S/c1-3-17-45(18-4-1)49-27-15-28-56(38-49)71-74-72(60-31-16-30-59-57-29-13-14-32-68(57)78-70(59)60)76-73(75-71)65-44-61(55-34-33-47-21-7-8-22-48(47)37-55)69(58-36-35-54(39-62(58)65)46-19-5-2-6-20-46)77-66-42-52-25-11-9-23-50(52)40-63(66)64-41-51-24-10-12-26-53(51)43-67(64)77/h1-44H. The van der Waals surface area contributed by atoms with Crippen molar-refractivity contribution in [3.05, 3.63) is 267 Å². The van der Waals surface area contributed by atoms with Crippen LogP contribution in [0.1, 0.15) is 0 Å². The number of fused-ring (bicyclic) bond motifs is 10. The van der Waals surface area contributed by atoms with Gasteiger partial charge in [-0.05, 0) is 126 Å². The van der Waals surface area contributed by atoms with Crippen LogP contribution in [-0.4, -0.2) is 19.5 Å². The lowest BCUT2D eigenvalue weighted by Gasteiger charge is -2.21. The van der Waals surface area contributed by atoms with Crippen LogP contribution in [0, 0.1) is 0 Å². The molecule has 0 atom stereocenters. The predicted molar refractivity (Wildman–Crippen MR) is 330 cm³/mol. The zero-order chi connectivity index (χ0) is 51.3. The normalized spacial score (nSPS) is 11.8. The van der Waals surface area contributed by atoms with Gasteiger partial charge in [-0.2, -0.15) is 0 Å². The molecule has 0 fully saturated rings. The second-order valence-corrected chi connectivity index (χ2v) is 21.4. The van der Waals surface area contributed by atoms with Crippen molar-refractivity contribution in [3.63, 3.8) is 0 Å². The van der Waals surface area contributed by atoms with Gasteiger partial charge in [0.15, 0.2) is 17.5 Å². The third-order valence-electron chi connectivity index (χ3n) is 15.7. The van der Waals surface area contributed by atoms with E-state index in [0.29, 0.717) is 17.5 Å². The van der Waals surface area contributed by atoms with Gasteiger partial charge in [0.25, 0.3) is 0 Å². The van der Waals surface area contributed by atoms with Gasteiger partial charge in [-0.1, -0.05) is 206 Å². The molecule has 0 saturated carbocycles. The van der Waals surface area contributed by atoms with Crippen LogP contribution in [0.2, 0.25) is 0 Å². The molecular weight excluding hydrogens is 965 g/mol. The van der Waals surface area contributed by atoms with Crippen molar-refractivity contribution < 1.29 is 0 Å². The SMILES string of the molecule is c1ccc(-c2cccc(-c3nc(-c4cc(-c5ccc6ccccc6c5)c(-n5c6cc7ccccc7cc6c6cc7ccccc7cc65)c5ccc(-c6ccccc6)cc45)nc(-c4cccc5c4sc4ccccc45)n3)c2)cc1. The molecule has 3 aromatic heterocycles. The van der Waals surface area contributed by atoms with Crippen LogP contribution in [0.4, 0.5) is 0 Å². The van der Waals surface area contributed by atoms with Gasteiger partial charge in [-0.3, -0.25) is 0 Å². The van der Waals surface area contributed by atoms with Gasteiger partial charge in [0, 0.05) is 58.6 Å². The summed E-state index contributed by atoms with van der Waals surface area (Å²) in [7, 11) is 0. The molecule has 0 aliphatic carbocycles. The summed E-state index contributed by atoms with van der Waals surface area (Å²) in [5, 5.41) is 14.1. The van der Waals surface area contributed by atoms with Gasteiger partial charge < -0.3 is 4.57 Å². The van der Waals surface area contributed by atoms with Crippen LogP contribution in [0.15, 0.2) is 267 Å². The molecule has 0 aliphatic heterocycles. The van der Waals surface area contributed by atoms with E-state index in [1.807, 2.05) is 0 Å². The fourth-order valence-electron chi connectivity index (χ4n) is 12.0. The van der Waals surface area contributed by atoms with Crippen molar-refractivity contribution in [3.8, 4) is 73.2 Å². The van der Waals surface area contributed by atoms with Crippen LogP contribution < -0.4 is 0 Å². The molecule has 0 aliphatic rings. The minimum Gasteiger partial charge on any atom is -0.308 e. The van der Waals surface area contributed by atoms with Crippen LogP contribution >= 0.6 is 11.3 Å². The Labute approximate surface area is 453 Å². The van der Waals surface area contributed by atoms with E-state index in [0.717, 1.165) is 82.3 Å². The molecule has 0 amide bonds. The molecule has 0 saturated heterocycles. The first-order valence-corrected chi connectivity index (χ1v) is 27.3. The Balaban J connectivity index is 1.06. The summed E-state index contributed by atoms with van der Waals surface area (Å²) in [6.07, 6.45) is 0. The molecular formula is C73H44N4S. The molecule has 3 heterocycles. The first-order chi connectivity index (χ1) is 38.6. The largest absolute Gasteiger partial charge is 0.308 e. The number of hydrogen-bond donors (Lipinski definition) is 0. The number of benzene rings is 13. The Morgan fingerprint density at radius 3 is 1.46 bits per heavy atom. The Kier molecular flexibility index (Phi) is 10.1. The van der Waals surface area contributed by atoms with E-state index in [9.17, 15) is 0 Å². The molecule has 0 N–H and O–H groups in total. The Hall–Kier alpha value is -10.1. The van der Waals surface area contributed by atoms with E-state index < -0.39 is 0 Å². The Morgan fingerprint density at radius 1 is 0.256 bits per heavy atom. The van der Waals surface area contributed by atoms with Gasteiger partial charge in [-0.25, -0.2) is 15.0 Å². The monoisotopic (exact) mass is 1010 g/mol. The highest BCUT2D eigenvalue weighted by Gasteiger charge is 2.25. The van der Waals surface area contributed by atoms with Crippen LogP contribution in [0.25, 0.3) is 158 Å². The second kappa shape index (κ2) is 17.8. The van der Waals surface area contributed by atoms with Gasteiger partial charge in [0.2, 0.25) is 0 Å². The van der Waals surface area contributed by atoms with Crippen LogP contribution in [0.5, 0.6) is 0 Å². The highest BCUT2D eigenvalue weighted by molar-refractivity contribution is 7.26. The summed E-state index contributed by atoms with van der Waals surface area (Å²) in [6.45, 7) is 0. The van der Waals surface area contributed by atoms with Crippen molar-refractivity contribution in [1.29, 1.82) is 0 Å². The number of thiophene rings is 1. The number of nitrogens with zero attached hydrogens (tertiary/aromatic N) is 4. The van der Waals surface area contributed by atoms with Crippen molar-refractivity contribution >= 4 is 96.4 Å². The minimum atomic E-state index is 0.598. The lowest BCUT2D eigenvalue weighted by atomic mass is 9.90. The summed E-state index contributed by atoms with van der Waals surface area (Å²) in [5.74, 6) is 1.83. The van der Waals surface area contributed by atoms with Gasteiger partial charge in [-0.15, -0.1) is 11.3 Å². The first kappa shape index (κ1) is 44.2. The second-order valence-electron chi connectivity index (χ2n) is 20.3. The summed E-state index contributed by atoms with van der Waals surface area (Å²) in [6, 6.07) is 97.0. The molecule has 362 valence electrons. The lowest BCUT2D eigenvalue weighted by molar-refractivity contribution is 1.08. The number of hydrogen-bond acceptors (Lipinski definition) is 4. The third kappa shape index (κ3) is 7.24. The number of rotatable bonds is 7. The molecule has 16 rings (SSSR count). The van der Waals surface area contributed by atoms with Crippen LogP contribution in [0.3, 0.4) is 0 Å². The number of aromatic nitrogens is 4. The highest BCUT2D eigenvalue weighted by atomic mass is 32.1. The van der Waals surface area contributed by atoms with Gasteiger partial charge in [0.05, 0.1) is 16.7 Å². The van der Waals surface area contributed by atoms with E-state index in [1.54, 1.807) is 11.3 Å². The summed E-state index contributed by atoms with van der Waals surface area (Å²) in [5.41, 5.74) is 12.8. The minimum absolute atomic E-state index is 0.598. The Morgan fingerprint density at radius 2 is 0.769 bits per heavy atom. The molecule has 0 spiro atoms. The smallest absolute Gasteiger partial charge is 0.165 e. The molecule has 78 heavy (non-hydrogen) atoms. The maximum Gasteiger partial charge on any atom is 0.165 e. The predicted octanol–water partition coefficient (Wildman–Crippen LogP) is 20.0. The van der Waals surface area contributed by atoms with E-state index in [1.165, 1.54) is 58.6 Å². The maximum atomic E-state index is 5.68. The van der Waals surface area contributed by atoms with E-state index in [2.05, 4.69) is 271 Å². The zero-order valence-electron chi connectivity index (χ0n) is 42.1. The molecule has 0 unspecified atom stereocenters. The third-order valence-corrected chi connectivity index (χ3v) is 17.0.